The smallest absolute Gasteiger partial charge is 0.234 e. The fourth-order valence-corrected chi connectivity index (χ4v) is 4.14. The Morgan fingerprint density at radius 2 is 1.72 bits per heavy atom. The van der Waals surface area contributed by atoms with Crippen LogP contribution in [-0.2, 0) is 14.4 Å². The summed E-state index contributed by atoms with van der Waals surface area (Å²) in [7, 11) is 1.56. The summed E-state index contributed by atoms with van der Waals surface area (Å²) in [5.74, 6) is 0.00863. The third-order valence-corrected chi connectivity index (χ3v) is 6.09. The first-order chi connectivity index (χ1) is 15.5. The topological polar surface area (TPSA) is 87.7 Å². The highest BCUT2D eigenvalue weighted by Gasteiger charge is 2.27. The highest BCUT2D eigenvalue weighted by atomic mass is 32.2. The summed E-state index contributed by atoms with van der Waals surface area (Å²) in [6, 6.07) is 12.8. The van der Waals surface area contributed by atoms with E-state index in [2.05, 4.69) is 10.6 Å². The molecular weight excluding hydrogens is 433 g/mol. The van der Waals surface area contributed by atoms with Gasteiger partial charge in [0.2, 0.25) is 17.7 Å². The molecule has 0 aliphatic carbocycles. The zero-order chi connectivity index (χ0) is 22.9. The lowest BCUT2D eigenvalue weighted by Gasteiger charge is -2.31. The largest absolute Gasteiger partial charge is 0.495 e. The Hall–Kier alpha value is -3.07. The Balaban J connectivity index is 1.37. The maximum atomic E-state index is 12.9. The maximum Gasteiger partial charge on any atom is 0.234 e. The van der Waals surface area contributed by atoms with Gasteiger partial charge in [-0.05, 0) is 49.2 Å². The lowest BCUT2D eigenvalue weighted by Crippen LogP contribution is -2.42. The summed E-state index contributed by atoms with van der Waals surface area (Å²) < 4.78 is 18.2. The van der Waals surface area contributed by atoms with Crippen LogP contribution >= 0.6 is 11.8 Å². The van der Waals surface area contributed by atoms with Crippen molar-refractivity contribution in [3.05, 3.63) is 54.3 Å². The molecule has 2 N–H and O–H groups in total. The summed E-state index contributed by atoms with van der Waals surface area (Å²) in [5.41, 5.74) is 1.14. The van der Waals surface area contributed by atoms with Gasteiger partial charge in [0, 0.05) is 24.7 Å². The maximum absolute atomic E-state index is 12.9. The predicted octanol–water partition coefficient (Wildman–Crippen LogP) is 3.38. The van der Waals surface area contributed by atoms with E-state index in [0.29, 0.717) is 43.1 Å². The number of carbonyl (C=O) groups excluding carboxylic acids is 3. The standard InChI is InChI=1S/C23H26FN3O4S/c1-31-20-5-3-2-4-19(20)26-23(30)16-10-12-27(13-11-16)22(29)15-32-14-21(28)25-18-8-6-17(24)7-9-18/h2-9,16H,10-15H2,1H3,(H,25,28)(H,26,30). The van der Waals surface area contributed by atoms with Crippen molar-refractivity contribution in [3.8, 4) is 5.75 Å². The summed E-state index contributed by atoms with van der Waals surface area (Å²) in [5, 5.41) is 5.57. The van der Waals surface area contributed by atoms with Crippen molar-refractivity contribution < 1.29 is 23.5 Å². The molecular formula is C23H26FN3O4S. The van der Waals surface area contributed by atoms with E-state index >= 15 is 0 Å². The van der Waals surface area contributed by atoms with Gasteiger partial charge in [-0.15, -0.1) is 11.8 Å². The number of thioether (sulfide) groups is 1. The van der Waals surface area contributed by atoms with Gasteiger partial charge in [0.1, 0.15) is 11.6 Å². The molecule has 0 aromatic heterocycles. The molecule has 1 aliphatic rings. The highest BCUT2D eigenvalue weighted by Crippen LogP contribution is 2.26. The number of benzene rings is 2. The highest BCUT2D eigenvalue weighted by molar-refractivity contribution is 8.00. The molecule has 0 bridgehead atoms. The van der Waals surface area contributed by atoms with E-state index in [1.54, 1.807) is 24.1 Å². The fraction of sp³-hybridized carbons (Fsp3) is 0.348. The number of anilines is 2. The summed E-state index contributed by atoms with van der Waals surface area (Å²) in [4.78, 5) is 38.7. The van der Waals surface area contributed by atoms with E-state index in [1.807, 2.05) is 12.1 Å². The normalized spacial score (nSPS) is 14.0. The number of para-hydroxylation sites is 2. The van der Waals surface area contributed by atoms with E-state index in [4.69, 9.17) is 4.74 Å². The molecule has 1 fully saturated rings. The minimum absolute atomic E-state index is 0.0480. The van der Waals surface area contributed by atoms with Gasteiger partial charge >= 0.3 is 0 Å². The van der Waals surface area contributed by atoms with E-state index in [9.17, 15) is 18.8 Å². The van der Waals surface area contributed by atoms with E-state index < -0.39 is 0 Å². The summed E-state index contributed by atoms with van der Waals surface area (Å²) >= 11 is 1.23. The molecule has 7 nitrogen and oxygen atoms in total. The van der Waals surface area contributed by atoms with Crippen molar-refractivity contribution >= 4 is 40.9 Å². The van der Waals surface area contributed by atoms with Crippen molar-refractivity contribution in [2.45, 2.75) is 12.8 Å². The van der Waals surface area contributed by atoms with Crippen LogP contribution in [-0.4, -0.2) is 54.3 Å². The molecule has 3 amide bonds. The van der Waals surface area contributed by atoms with Gasteiger partial charge in [-0.1, -0.05) is 12.1 Å². The predicted molar refractivity (Wildman–Crippen MR) is 123 cm³/mol. The first-order valence-electron chi connectivity index (χ1n) is 10.3. The minimum atomic E-state index is -0.371. The molecule has 0 atom stereocenters. The molecule has 0 unspecified atom stereocenters. The first-order valence-corrected chi connectivity index (χ1v) is 11.5. The number of amides is 3. The van der Waals surface area contributed by atoms with Crippen LogP contribution in [0.1, 0.15) is 12.8 Å². The number of hydrogen-bond donors (Lipinski definition) is 2. The molecule has 0 saturated carbocycles. The zero-order valence-electron chi connectivity index (χ0n) is 17.8. The zero-order valence-corrected chi connectivity index (χ0v) is 18.6. The van der Waals surface area contributed by atoms with Gasteiger partial charge in [0.05, 0.1) is 24.3 Å². The molecule has 0 spiro atoms. The van der Waals surface area contributed by atoms with Crippen LogP contribution in [0.25, 0.3) is 0 Å². The van der Waals surface area contributed by atoms with Crippen LogP contribution in [0.2, 0.25) is 0 Å². The van der Waals surface area contributed by atoms with Crippen LogP contribution < -0.4 is 15.4 Å². The van der Waals surface area contributed by atoms with Gasteiger partial charge in [-0.3, -0.25) is 14.4 Å². The number of nitrogens with zero attached hydrogens (tertiary/aromatic N) is 1. The molecule has 0 radical (unpaired) electrons. The van der Waals surface area contributed by atoms with Crippen LogP contribution in [0.4, 0.5) is 15.8 Å². The van der Waals surface area contributed by atoms with Crippen LogP contribution in [0.5, 0.6) is 5.75 Å². The van der Waals surface area contributed by atoms with Crippen molar-refractivity contribution in [1.82, 2.24) is 4.90 Å². The van der Waals surface area contributed by atoms with Crippen LogP contribution in [0.3, 0.4) is 0 Å². The van der Waals surface area contributed by atoms with Gasteiger partial charge < -0.3 is 20.3 Å². The average molecular weight is 460 g/mol. The number of halogens is 1. The fourth-order valence-electron chi connectivity index (χ4n) is 3.43. The molecule has 1 aliphatic heterocycles. The van der Waals surface area contributed by atoms with Gasteiger partial charge in [-0.2, -0.15) is 0 Å². The molecule has 2 aromatic carbocycles. The number of carbonyl (C=O) groups is 3. The number of likely N-dealkylation sites (tertiary alicyclic amines) is 1. The van der Waals surface area contributed by atoms with Crippen molar-refractivity contribution in [2.24, 2.45) is 5.92 Å². The lowest BCUT2D eigenvalue weighted by molar-refractivity contribution is -0.132. The number of hydrogen-bond acceptors (Lipinski definition) is 5. The number of nitrogens with one attached hydrogen (secondary N) is 2. The van der Waals surface area contributed by atoms with Crippen molar-refractivity contribution in [1.29, 1.82) is 0 Å². The Labute approximate surface area is 190 Å². The number of rotatable bonds is 8. The molecule has 170 valence electrons. The van der Waals surface area contributed by atoms with Crippen molar-refractivity contribution in [2.75, 3.05) is 42.3 Å². The summed E-state index contributed by atoms with van der Waals surface area (Å²) in [6.07, 6.45) is 1.17. The third-order valence-electron chi connectivity index (χ3n) is 5.17. The van der Waals surface area contributed by atoms with Gasteiger partial charge in [-0.25, -0.2) is 4.39 Å². The molecule has 32 heavy (non-hydrogen) atoms. The Morgan fingerprint density at radius 1 is 1.03 bits per heavy atom. The molecule has 1 saturated heterocycles. The van der Waals surface area contributed by atoms with Crippen LogP contribution in [0.15, 0.2) is 48.5 Å². The van der Waals surface area contributed by atoms with E-state index in [-0.39, 0.29) is 41.0 Å². The van der Waals surface area contributed by atoms with Crippen molar-refractivity contribution in [3.63, 3.8) is 0 Å². The first kappa shape index (κ1) is 23.6. The van der Waals surface area contributed by atoms with Gasteiger partial charge in [0.25, 0.3) is 0 Å². The number of piperidine rings is 1. The number of methoxy groups -OCH3 is 1. The second-order valence-corrected chi connectivity index (χ2v) is 8.38. The molecule has 2 aromatic rings. The molecule has 1 heterocycles. The monoisotopic (exact) mass is 459 g/mol. The van der Waals surface area contributed by atoms with E-state index in [0.717, 1.165) is 0 Å². The quantitative estimate of drug-likeness (QED) is 0.632. The Bertz CT molecular complexity index is 947. The number of ether oxygens (including phenoxy) is 1. The molecule has 3 rings (SSSR count). The van der Waals surface area contributed by atoms with E-state index in [1.165, 1.54) is 36.0 Å². The second-order valence-electron chi connectivity index (χ2n) is 7.39. The molecule has 9 heteroatoms. The SMILES string of the molecule is COc1ccccc1NC(=O)C1CCN(C(=O)CSCC(=O)Nc2ccc(F)cc2)CC1. The second kappa shape index (κ2) is 11.5. The third kappa shape index (κ3) is 6.71. The Kier molecular flexibility index (Phi) is 8.49. The Morgan fingerprint density at radius 3 is 2.41 bits per heavy atom. The van der Waals surface area contributed by atoms with Gasteiger partial charge in [0.15, 0.2) is 0 Å². The summed E-state index contributed by atoms with van der Waals surface area (Å²) in [6.45, 7) is 1.01. The lowest BCUT2D eigenvalue weighted by atomic mass is 9.96. The van der Waals surface area contributed by atoms with Crippen LogP contribution in [0, 0.1) is 11.7 Å². The minimum Gasteiger partial charge on any atom is -0.495 e. The average Bonchev–Trinajstić information content (AvgIpc) is 2.81.